The van der Waals surface area contributed by atoms with E-state index in [2.05, 4.69) is 25.0 Å². The van der Waals surface area contributed by atoms with Crippen LogP contribution in [0.4, 0.5) is 4.79 Å². The number of Topliss-reactive ketones (excluding diaryl/α,β-unsaturated/α-hetero) is 1. The van der Waals surface area contributed by atoms with E-state index < -0.39 is 8.07 Å². The fraction of sp³-hybridized carbons (Fsp3) is 0.690. The molecule has 1 aliphatic carbocycles. The lowest BCUT2D eigenvalue weighted by Gasteiger charge is -2.30. The number of carbonyl (C=O) groups excluding carboxylic acids is 3. The summed E-state index contributed by atoms with van der Waals surface area (Å²) in [5, 5.41) is 3.16. The molecule has 37 heavy (non-hydrogen) atoms. The maximum atomic E-state index is 13.2. The molecule has 1 N–H and O–H groups in total. The van der Waals surface area contributed by atoms with E-state index in [0.29, 0.717) is 43.2 Å². The number of likely N-dealkylation sites (N-methyl/N-ethyl adjacent to an activating group) is 1. The Morgan fingerprint density at radius 1 is 1.05 bits per heavy atom. The molecule has 1 fully saturated rings. The molecule has 1 aromatic rings. The van der Waals surface area contributed by atoms with Crippen LogP contribution in [0.1, 0.15) is 78.5 Å². The molecule has 7 nitrogen and oxygen atoms in total. The molecule has 0 spiro atoms. The number of unbranched alkanes of at least 4 members (excludes halogenated alkanes) is 1. The van der Waals surface area contributed by atoms with Crippen molar-refractivity contribution in [3.05, 3.63) is 35.4 Å². The third-order valence-corrected chi connectivity index (χ3v) is 8.71. The summed E-state index contributed by atoms with van der Waals surface area (Å²) in [6.45, 7) is 8.23. The van der Waals surface area contributed by atoms with Crippen LogP contribution in [0.3, 0.4) is 0 Å². The zero-order chi connectivity index (χ0) is 27.3. The minimum atomic E-state index is -1.29. The SMILES string of the molecule is COCCCCC(=O)c1cccc(C(=O)N[C@@H](CC2CCCCC2)CN(C)C(=O)OCC[Si](C)(C)C)c1. The summed E-state index contributed by atoms with van der Waals surface area (Å²) in [7, 11) is 2.10. The van der Waals surface area contributed by atoms with Gasteiger partial charge in [0.05, 0.1) is 6.61 Å². The van der Waals surface area contributed by atoms with Gasteiger partial charge in [-0.3, -0.25) is 9.59 Å². The van der Waals surface area contributed by atoms with Gasteiger partial charge in [-0.05, 0) is 43.4 Å². The Hall–Kier alpha value is -2.19. The molecule has 1 aliphatic rings. The minimum absolute atomic E-state index is 0.0327. The summed E-state index contributed by atoms with van der Waals surface area (Å²) < 4.78 is 10.6. The van der Waals surface area contributed by atoms with E-state index in [1.807, 2.05) is 0 Å². The van der Waals surface area contributed by atoms with Crippen LogP contribution in [-0.4, -0.2) is 70.7 Å². The summed E-state index contributed by atoms with van der Waals surface area (Å²) in [4.78, 5) is 40.0. The number of ether oxygens (including phenoxy) is 2. The van der Waals surface area contributed by atoms with Crippen LogP contribution in [0.5, 0.6) is 0 Å². The molecule has 1 saturated carbocycles. The van der Waals surface area contributed by atoms with Gasteiger partial charge < -0.3 is 19.7 Å². The molecule has 1 aromatic carbocycles. The highest BCUT2D eigenvalue weighted by atomic mass is 28.3. The minimum Gasteiger partial charge on any atom is -0.450 e. The molecule has 0 radical (unpaired) electrons. The van der Waals surface area contributed by atoms with Crippen molar-refractivity contribution in [3.8, 4) is 0 Å². The lowest BCUT2D eigenvalue weighted by atomic mass is 9.84. The number of benzene rings is 1. The van der Waals surface area contributed by atoms with E-state index >= 15 is 0 Å². The molecule has 0 aliphatic heterocycles. The smallest absolute Gasteiger partial charge is 0.409 e. The van der Waals surface area contributed by atoms with Gasteiger partial charge in [0, 0.05) is 59.0 Å². The van der Waals surface area contributed by atoms with Gasteiger partial charge in [0.2, 0.25) is 0 Å². The van der Waals surface area contributed by atoms with E-state index in [1.165, 1.54) is 19.3 Å². The molecule has 2 rings (SSSR count). The van der Waals surface area contributed by atoms with E-state index in [9.17, 15) is 14.4 Å². The van der Waals surface area contributed by atoms with Crippen LogP contribution in [0.25, 0.3) is 0 Å². The fourth-order valence-corrected chi connectivity index (χ4v) is 5.46. The average Bonchev–Trinajstić information content (AvgIpc) is 2.86. The Kier molecular flexibility index (Phi) is 13.4. The third-order valence-electron chi connectivity index (χ3n) is 7.01. The number of methoxy groups -OCH3 is 1. The van der Waals surface area contributed by atoms with Crippen molar-refractivity contribution in [1.29, 1.82) is 0 Å². The van der Waals surface area contributed by atoms with E-state index in [0.717, 1.165) is 38.1 Å². The Labute approximate surface area is 224 Å². The summed E-state index contributed by atoms with van der Waals surface area (Å²) in [6, 6.07) is 7.69. The molecule has 0 heterocycles. The first-order valence-electron chi connectivity index (χ1n) is 13.9. The van der Waals surface area contributed by atoms with Gasteiger partial charge in [-0.1, -0.05) is 63.9 Å². The number of nitrogens with one attached hydrogen (secondary N) is 1. The average molecular weight is 533 g/mol. The molecule has 0 aromatic heterocycles. The molecule has 1 atom stereocenters. The van der Waals surface area contributed by atoms with Gasteiger partial charge in [-0.15, -0.1) is 0 Å². The van der Waals surface area contributed by atoms with Crippen LogP contribution < -0.4 is 5.32 Å². The number of hydrogen-bond acceptors (Lipinski definition) is 5. The molecule has 0 bridgehead atoms. The highest BCUT2D eigenvalue weighted by Gasteiger charge is 2.25. The molecule has 208 valence electrons. The van der Waals surface area contributed by atoms with Gasteiger partial charge >= 0.3 is 6.09 Å². The van der Waals surface area contributed by atoms with Crippen LogP contribution >= 0.6 is 0 Å². The zero-order valence-corrected chi connectivity index (χ0v) is 24.6. The van der Waals surface area contributed by atoms with Crippen LogP contribution in [0.2, 0.25) is 25.7 Å². The molecule has 0 unspecified atom stereocenters. The highest BCUT2D eigenvalue weighted by molar-refractivity contribution is 6.76. The molecule has 0 saturated heterocycles. The predicted molar refractivity (Wildman–Crippen MR) is 151 cm³/mol. The first kappa shape index (κ1) is 31.0. The first-order valence-corrected chi connectivity index (χ1v) is 17.6. The van der Waals surface area contributed by atoms with Crippen molar-refractivity contribution in [2.45, 2.75) is 89.5 Å². The van der Waals surface area contributed by atoms with Gasteiger partial charge in [-0.2, -0.15) is 0 Å². The lowest BCUT2D eigenvalue weighted by Crippen LogP contribution is -2.45. The van der Waals surface area contributed by atoms with Gasteiger partial charge in [-0.25, -0.2) is 4.79 Å². The number of nitrogens with zero attached hydrogens (tertiary/aromatic N) is 1. The monoisotopic (exact) mass is 532 g/mol. The highest BCUT2D eigenvalue weighted by Crippen LogP contribution is 2.27. The largest absolute Gasteiger partial charge is 0.450 e. The fourth-order valence-electron chi connectivity index (χ4n) is 4.74. The predicted octanol–water partition coefficient (Wildman–Crippen LogP) is 6.16. The Balaban J connectivity index is 2.02. The number of hydrogen-bond donors (Lipinski definition) is 1. The van der Waals surface area contributed by atoms with Crippen molar-refractivity contribution >= 4 is 25.9 Å². The second-order valence-corrected chi connectivity index (χ2v) is 17.3. The Bertz CT molecular complexity index is 864. The zero-order valence-electron chi connectivity index (χ0n) is 23.6. The summed E-state index contributed by atoms with van der Waals surface area (Å²) >= 11 is 0. The molecular weight excluding hydrogens is 484 g/mol. The second-order valence-electron chi connectivity index (χ2n) is 11.7. The summed E-state index contributed by atoms with van der Waals surface area (Å²) in [5.74, 6) is 0.357. The normalized spacial score (nSPS) is 15.2. The van der Waals surface area contributed by atoms with Crippen molar-refractivity contribution in [3.63, 3.8) is 0 Å². The van der Waals surface area contributed by atoms with Crippen molar-refractivity contribution in [2.24, 2.45) is 5.92 Å². The lowest BCUT2D eigenvalue weighted by molar-refractivity contribution is 0.0889. The molecule has 2 amide bonds. The van der Waals surface area contributed by atoms with Crippen LogP contribution in [0.15, 0.2) is 24.3 Å². The number of ketones is 1. The second kappa shape index (κ2) is 15.9. The van der Waals surface area contributed by atoms with Gasteiger partial charge in [0.15, 0.2) is 5.78 Å². The van der Waals surface area contributed by atoms with Crippen molar-refractivity contribution in [1.82, 2.24) is 10.2 Å². The van der Waals surface area contributed by atoms with Crippen LogP contribution in [-0.2, 0) is 9.47 Å². The van der Waals surface area contributed by atoms with Crippen molar-refractivity contribution < 1.29 is 23.9 Å². The van der Waals surface area contributed by atoms with Crippen molar-refractivity contribution in [2.75, 3.05) is 33.9 Å². The maximum Gasteiger partial charge on any atom is 0.409 e. The maximum absolute atomic E-state index is 13.2. The quantitative estimate of drug-likeness (QED) is 0.166. The number of carbonyl (C=O) groups is 3. The Morgan fingerprint density at radius 3 is 2.43 bits per heavy atom. The van der Waals surface area contributed by atoms with E-state index in [1.54, 1.807) is 43.3 Å². The van der Waals surface area contributed by atoms with E-state index in [-0.39, 0.29) is 23.8 Å². The third kappa shape index (κ3) is 12.3. The first-order chi connectivity index (χ1) is 17.6. The van der Waals surface area contributed by atoms with Crippen LogP contribution in [0, 0.1) is 5.92 Å². The Morgan fingerprint density at radius 2 is 1.76 bits per heavy atom. The number of rotatable bonds is 15. The standard InChI is InChI=1S/C29H48N2O5Si/c1-31(29(34)36-18-19-37(3,4)5)22-26(20-23-12-7-6-8-13-23)30-28(33)25-15-11-14-24(21-25)27(32)16-9-10-17-35-2/h11,14-15,21,23,26H,6-10,12-13,16-20,22H2,1-5H3,(H,30,33)/t26-/m0/s1. The van der Waals surface area contributed by atoms with Gasteiger partial charge in [0.1, 0.15) is 0 Å². The summed E-state index contributed by atoms with van der Waals surface area (Å²) in [5.41, 5.74) is 1.02. The summed E-state index contributed by atoms with van der Waals surface area (Å²) in [6.07, 6.45) is 8.52. The molecular formula is C29H48N2O5Si. The van der Waals surface area contributed by atoms with Gasteiger partial charge in [0.25, 0.3) is 5.91 Å². The van der Waals surface area contributed by atoms with E-state index in [4.69, 9.17) is 9.47 Å². The number of amides is 2. The topological polar surface area (TPSA) is 84.9 Å². The molecule has 8 heteroatoms.